The van der Waals surface area contributed by atoms with Crippen LogP contribution in [-0.2, 0) is 11.3 Å². The highest BCUT2D eigenvalue weighted by atomic mass is 32.1. The number of hydrogen-bond donors (Lipinski definition) is 2. The highest BCUT2D eigenvalue weighted by Gasteiger charge is 2.09. The third-order valence-electron chi connectivity index (χ3n) is 1.44. The molecule has 12 heavy (non-hydrogen) atoms. The van der Waals surface area contributed by atoms with Crippen molar-refractivity contribution in [3.05, 3.63) is 16.6 Å². The molecule has 0 aliphatic rings. The van der Waals surface area contributed by atoms with E-state index in [9.17, 15) is 4.79 Å². The maximum atomic E-state index is 10.4. The largest absolute Gasteiger partial charge is 0.480 e. The molecule has 4 nitrogen and oxygen atoms in total. The predicted molar refractivity (Wildman–Crippen MR) is 46.1 cm³/mol. The van der Waals surface area contributed by atoms with Crippen molar-refractivity contribution >= 4 is 17.3 Å². The fourth-order valence-electron chi connectivity index (χ4n) is 0.670. The van der Waals surface area contributed by atoms with Crippen molar-refractivity contribution in [2.45, 2.75) is 19.5 Å². The summed E-state index contributed by atoms with van der Waals surface area (Å²) in [5, 5.41) is 13.2. The minimum atomic E-state index is -0.842. The Morgan fingerprint density at radius 3 is 3.17 bits per heavy atom. The third kappa shape index (κ3) is 2.60. The van der Waals surface area contributed by atoms with Gasteiger partial charge in [-0.2, -0.15) is 0 Å². The average Bonchev–Trinajstić information content (AvgIpc) is 2.51. The minimum Gasteiger partial charge on any atom is -0.480 e. The Balaban J connectivity index is 2.31. The summed E-state index contributed by atoms with van der Waals surface area (Å²) >= 11 is 1.50. The first kappa shape index (κ1) is 9.15. The molecule has 0 saturated carbocycles. The van der Waals surface area contributed by atoms with Crippen molar-refractivity contribution in [3.63, 3.8) is 0 Å². The highest BCUT2D eigenvalue weighted by molar-refractivity contribution is 7.07. The van der Waals surface area contributed by atoms with Gasteiger partial charge in [-0.25, -0.2) is 4.98 Å². The van der Waals surface area contributed by atoms with Crippen LogP contribution in [-0.4, -0.2) is 22.1 Å². The number of aromatic nitrogens is 1. The summed E-state index contributed by atoms with van der Waals surface area (Å²) < 4.78 is 0. The lowest BCUT2D eigenvalue weighted by molar-refractivity contribution is -0.139. The van der Waals surface area contributed by atoms with E-state index >= 15 is 0 Å². The number of rotatable bonds is 4. The van der Waals surface area contributed by atoms with Gasteiger partial charge in [-0.1, -0.05) is 0 Å². The van der Waals surface area contributed by atoms with E-state index in [1.165, 1.54) is 11.3 Å². The molecule has 0 saturated heterocycles. The lowest BCUT2D eigenvalue weighted by Gasteiger charge is -2.06. The van der Waals surface area contributed by atoms with Crippen LogP contribution in [0.4, 0.5) is 0 Å². The van der Waals surface area contributed by atoms with E-state index in [2.05, 4.69) is 10.3 Å². The molecule has 0 amide bonds. The second-order valence-corrected chi connectivity index (χ2v) is 3.14. The molecule has 1 aromatic heterocycles. The number of carboxylic acids is 1. The first-order valence-electron chi connectivity index (χ1n) is 3.53. The van der Waals surface area contributed by atoms with E-state index in [-0.39, 0.29) is 0 Å². The summed E-state index contributed by atoms with van der Waals surface area (Å²) in [6, 6.07) is -0.522. The van der Waals surface area contributed by atoms with Gasteiger partial charge in [0.05, 0.1) is 11.2 Å². The van der Waals surface area contributed by atoms with Crippen LogP contribution in [0.5, 0.6) is 0 Å². The van der Waals surface area contributed by atoms with Crippen molar-refractivity contribution in [2.75, 3.05) is 0 Å². The molecule has 66 valence electrons. The van der Waals surface area contributed by atoms with Gasteiger partial charge in [0.15, 0.2) is 0 Å². The first-order valence-corrected chi connectivity index (χ1v) is 4.47. The molecule has 0 aliphatic carbocycles. The molecule has 1 heterocycles. The van der Waals surface area contributed by atoms with E-state index in [1.807, 2.05) is 5.38 Å². The van der Waals surface area contributed by atoms with Crippen LogP contribution in [0.1, 0.15) is 12.6 Å². The van der Waals surface area contributed by atoms with E-state index in [0.717, 1.165) is 5.69 Å². The van der Waals surface area contributed by atoms with Gasteiger partial charge in [0.1, 0.15) is 6.04 Å². The molecule has 1 atom stereocenters. The second-order valence-electron chi connectivity index (χ2n) is 2.42. The molecule has 0 aromatic carbocycles. The van der Waals surface area contributed by atoms with Crippen LogP contribution >= 0.6 is 11.3 Å². The van der Waals surface area contributed by atoms with Gasteiger partial charge in [-0.05, 0) is 6.92 Å². The highest BCUT2D eigenvalue weighted by Crippen LogP contribution is 2.00. The van der Waals surface area contributed by atoms with E-state index < -0.39 is 12.0 Å². The van der Waals surface area contributed by atoms with E-state index in [4.69, 9.17) is 5.11 Å². The molecule has 1 aromatic rings. The third-order valence-corrected chi connectivity index (χ3v) is 2.08. The molecular weight excluding hydrogens is 176 g/mol. The minimum absolute atomic E-state index is 0.511. The number of thiazole rings is 1. The summed E-state index contributed by atoms with van der Waals surface area (Å²) in [6.07, 6.45) is 0. The Bertz CT molecular complexity index is 248. The Morgan fingerprint density at radius 2 is 2.67 bits per heavy atom. The van der Waals surface area contributed by atoms with Gasteiger partial charge in [0, 0.05) is 11.9 Å². The average molecular weight is 186 g/mol. The Kier molecular flexibility index (Phi) is 3.19. The number of nitrogens with one attached hydrogen (secondary N) is 1. The molecule has 0 spiro atoms. The fourth-order valence-corrected chi connectivity index (χ4v) is 1.23. The normalized spacial score (nSPS) is 12.8. The Morgan fingerprint density at radius 1 is 1.92 bits per heavy atom. The van der Waals surface area contributed by atoms with Crippen molar-refractivity contribution in [1.82, 2.24) is 10.3 Å². The zero-order valence-corrected chi connectivity index (χ0v) is 7.47. The van der Waals surface area contributed by atoms with Crippen molar-refractivity contribution in [1.29, 1.82) is 0 Å². The van der Waals surface area contributed by atoms with E-state index in [1.54, 1.807) is 12.4 Å². The van der Waals surface area contributed by atoms with Crippen molar-refractivity contribution in [3.8, 4) is 0 Å². The summed E-state index contributed by atoms with van der Waals surface area (Å²) in [7, 11) is 0. The number of carbonyl (C=O) groups is 1. The SMILES string of the molecule is CC(NCc1cscn1)C(=O)O. The summed E-state index contributed by atoms with van der Waals surface area (Å²) in [4.78, 5) is 14.4. The molecule has 5 heteroatoms. The molecule has 2 N–H and O–H groups in total. The second kappa shape index (κ2) is 4.18. The van der Waals surface area contributed by atoms with Crippen molar-refractivity contribution in [2.24, 2.45) is 0 Å². The number of nitrogens with zero attached hydrogens (tertiary/aromatic N) is 1. The summed E-state index contributed by atoms with van der Waals surface area (Å²) in [6.45, 7) is 2.12. The fraction of sp³-hybridized carbons (Fsp3) is 0.429. The van der Waals surface area contributed by atoms with Crippen LogP contribution < -0.4 is 5.32 Å². The maximum absolute atomic E-state index is 10.4. The number of hydrogen-bond acceptors (Lipinski definition) is 4. The maximum Gasteiger partial charge on any atom is 0.320 e. The molecule has 1 unspecified atom stereocenters. The summed E-state index contributed by atoms with van der Waals surface area (Å²) in [5.74, 6) is -0.842. The molecule has 0 aliphatic heterocycles. The first-order chi connectivity index (χ1) is 5.70. The van der Waals surface area contributed by atoms with E-state index in [0.29, 0.717) is 6.54 Å². The van der Waals surface area contributed by atoms with Gasteiger partial charge < -0.3 is 5.11 Å². The van der Waals surface area contributed by atoms with Gasteiger partial charge >= 0.3 is 5.97 Å². The van der Waals surface area contributed by atoms with Crippen LogP contribution in [0.15, 0.2) is 10.9 Å². The Labute approximate surface area is 74.3 Å². The van der Waals surface area contributed by atoms with Crippen LogP contribution in [0.2, 0.25) is 0 Å². The molecular formula is C7H10N2O2S. The molecule has 0 fully saturated rings. The van der Waals surface area contributed by atoms with Crippen molar-refractivity contribution < 1.29 is 9.90 Å². The molecule has 0 bridgehead atoms. The van der Waals surface area contributed by atoms with Gasteiger partial charge in [0.2, 0.25) is 0 Å². The topological polar surface area (TPSA) is 62.2 Å². The molecule has 1 rings (SSSR count). The monoisotopic (exact) mass is 186 g/mol. The smallest absolute Gasteiger partial charge is 0.320 e. The summed E-state index contributed by atoms with van der Waals surface area (Å²) in [5.41, 5.74) is 2.61. The van der Waals surface area contributed by atoms with Crippen LogP contribution in [0, 0.1) is 0 Å². The predicted octanol–water partition coefficient (Wildman–Crippen LogP) is 0.706. The Hall–Kier alpha value is -0.940. The lowest BCUT2D eigenvalue weighted by atomic mass is 10.3. The van der Waals surface area contributed by atoms with Gasteiger partial charge in [0.25, 0.3) is 0 Å². The number of carboxylic acid groups (broad SMARTS) is 1. The standard InChI is InChI=1S/C7H10N2O2S/c1-5(7(10)11)8-2-6-3-12-4-9-6/h3-5,8H,2H2,1H3,(H,10,11). The zero-order valence-electron chi connectivity index (χ0n) is 6.65. The van der Waals surface area contributed by atoms with Gasteiger partial charge in [-0.15, -0.1) is 11.3 Å². The van der Waals surface area contributed by atoms with Crippen LogP contribution in [0.25, 0.3) is 0 Å². The van der Waals surface area contributed by atoms with Gasteiger partial charge in [-0.3, -0.25) is 10.1 Å². The molecule has 0 radical (unpaired) electrons. The van der Waals surface area contributed by atoms with Crippen LogP contribution in [0.3, 0.4) is 0 Å². The lowest BCUT2D eigenvalue weighted by Crippen LogP contribution is -2.33. The zero-order chi connectivity index (χ0) is 8.97. The number of aliphatic carboxylic acids is 1. The quantitative estimate of drug-likeness (QED) is 0.726.